The van der Waals surface area contributed by atoms with Crippen molar-refractivity contribution in [2.24, 2.45) is 5.92 Å². The van der Waals surface area contributed by atoms with Crippen molar-refractivity contribution in [1.29, 1.82) is 0 Å². The maximum absolute atomic E-state index is 12.5. The normalized spacial score (nSPS) is 11.2. The third kappa shape index (κ3) is 4.01. The van der Waals surface area contributed by atoms with Gasteiger partial charge in [-0.1, -0.05) is 31.2 Å². The lowest BCUT2D eigenvalue weighted by atomic mass is 10.2. The number of aromatic nitrogens is 3. The van der Waals surface area contributed by atoms with Crippen LogP contribution in [0.1, 0.15) is 13.8 Å². The number of ether oxygens (including phenoxy) is 1. The molecule has 0 aliphatic carbocycles. The average Bonchev–Trinajstić information content (AvgIpc) is 2.86. The zero-order valence-electron chi connectivity index (χ0n) is 12.8. The molecule has 0 N–H and O–H groups in total. The molecule has 0 spiro atoms. The Balaban J connectivity index is 2.10. The molecule has 1 aromatic heterocycles. The lowest BCUT2D eigenvalue weighted by molar-refractivity contribution is -0.133. The van der Waals surface area contributed by atoms with Crippen LogP contribution in [0.4, 0.5) is 0 Å². The smallest absolute Gasteiger partial charge is 0.244 e. The van der Waals surface area contributed by atoms with Gasteiger partial charge in [-0.25, -0.2) is 4.68 Å². The highest BCUT2D eigenvalue weighted by Crippen LogP contribution is 2.10. The van der Waals surface area contributed by atoms with Gasteiger partial charge in [-0.2, -0.15) is 0 Å². The van der Waals surface area contributed by atoms with E-state index < -0.39 is 0 Å². The molecule has 0 bridgehead atoms. The molecule has 0 aliphatic rings. The van der Waals surface area contributed by atoms with Crippen molar-refractivity contribution in [3.8, 4) is 0 Å². The van der Waals surface area contributed by atoms with E-state index in [-0.39, 0.29) is 12.5 Å². The van der Waals surface area contributed by atoms with Gasteiger partial charge in [-0.3, -0.25) is 4.79 Å². The summed E-state index contributed by atoms with van der Waals surface area (Å²) >= 11 is 0. The number of para-hydroxylation sites is 1. The van der Waals surface area contributed by atoms with Crippen LogP contribution in [0.25, 0.3) is 11.0 Å². The summed E-state index contributed by atoms with van der Waals surface area (Å²) in [6.45, 7) is 6.25. The van der Waals surface area contributed by atoms with Crippen LogP contribution < -0.4 is 0 Å². The van der Waals surface area contributed by atoms with E-state index in [9.17, 15) is 4.79 Å². The van der Waals surface area contributed by atoms with Gasteiger partial charge in [0, 0.05) is 20.2 Å². The molecule has 2 rings (SSSR count). The first-order chi connectivity index (χ1) is 10.1. The van der Waals surface area contributed by atoms with Gasteiger partial charge >= 0.3 is 0 Å². The summed E-state index contributed by atoms with van der Waals surface area (Å²) in [6.07, 6.45) is 0. The van der Waals surface area contributed by atoms with Crippen molar-refractivity contribution >= 4 is 16.9 Å². The first-order valence-electron chi connectivity index (χ1n) is 7.16. The van der Waals surface area contributed by atoms with E-state index in [1.165, 1.54) is 0 Å². The summed E-state index contributed by atoms with van der Waals surface area (Å²) in [5.74, 6) is 0.453. The molecule has 21 heavy (non-hydrogen) atoms. The van der Waals surface area contributed by atoms with Crippen molar-refractivity contribution in [3.63, 3.8) is 0 Å². The molecule has 6 heteroatoms. The number of rotatable bonds is 7. The van der Waals surface area contributed by atoms with Crippen molar-refractivity contribution in [2.45, 2.75) is 20.4 Å². The van der Waals surface area contributed by atoms with Gasteiger partial charge < -0.3 is 9.64 Å². The van der Waals surface area contributed by atoms with Crippen molar-refractivity contribution in [2.75, 3.05) is 26.8 Å². The summed E-state index contributed by atoms with van der Waals surface area (Å²) in [5.41, 5.74) is 1.68. The molecule has 6 nitrogen and oxygen atoms in total. The number of carbonyl (C=O) groups excluding carboxylic acids is 1. The van der Waals surface area contributed by atoms with Gasteiger partial charge in [0.25, 0.3) is 0 Å². The molecule has 0 atom stereocenters. The van der Waals surface area contributed by atoms with E-state index in [2.05, 4.69) is 24.2 Å². The second-order valence-electron chi connectivity index (χ2n) is 5.46. The van der Waals surface area contributed by atoms with Crippen LogP contribution >= 0.6 is 0 Å². The summed E-state index contributed by atoms with van der Waals surface area (Å²) in [5, 5.41) is 8.14. The monoisotopic (exact) mass is 290 g/mol. The third-order valence-corrected chi connectivity index (χ3v) is 3.21. The van der Waals surface area contributed by atoms with Crippen molar-refractivity contribution < 1.29 is 9.53 Å². The minimum Gasteiger partial charge on any atom is -0.383 e. The van der Waals surface area contributed by atoms with Gasteiger partial charge in [-0.15, -0.1) is 5.10 Å². The van der Waals surface area contributed by atoms with Crippen LogP contribution in [0.15, 0.2) is 24.3 Å². The molecule has 1 aromatic carbocycles. The maximum Gasteiger partial charge on any atom is 0.244 e. The van der Waals surface area contributed by atoms with E-state index in [1.807, 2.05) is 29.2 Å². The Hall–Kier alpha value is -1.95. The van der Waals surface area contributed by atoms with Crippen LogP contribution in [0.2, 0.25) is 0 Å². The number of amides is 1. The van der Waals surface area contributed by atoms with Crippen LogP contribution in [-0.4, -0.2) is 52.6 Å². The number of hydrogen-bond donors (Lipinski definition) is 0. The lowest BCUT2D eigenvalue weighted by Crippen LogP contribution is -2.39. The average molecular weight is 290 g/mol. The second kappa shape index (κ2) is 7.17. The van der Waals surface area contributed by atoms with Gasteiger partial charge in [-0.05, 0) is 18.1 Å². The Labute approximate surface area is 124 Å². The van der Waals surface area contributed by atoms with Crippen LogP contribution in [0.3, 0.4) is 0 Å². The molecule has 1 amide bonds. The summed E-state index contributed by atoms with van der Waals surface area (Å²) in [4.78, 5) is 14.3. The predicted molar refractivity (Wildman–Crippen MR) is 80.8 cm³/mol. The first-order valence-corrected chi connectivity index (χ1v) is 7.16. The van der Waals surface area contributed by atoms with E-state index in [1.54, 1.807) is 11.8 Å². The predicted octanol–water partition coefficient (Wildman–Crippen LogP) is 1.56. The summed E-state index contributed by atoms with van der Waals surface area (Å²) in [7, 11) is 1.64. The number of nitrogens with zero attached hydrogens (tertiary/aromatic N) is 4. The summed E-state index contributed by atoms with van der Waals surface area (Å²) < 4.78 is 6.73. The fourth-order valence-electron chi connectivity index (χ4n) is 2.22. The standard InChI is InChI=1S/C15H22N4O2/c1-12(2)10-18(8-9-21-3)15(20)11-19-14-7-5-4-6-13(14)16-17-19/h4-7,12H,8-11H2,1-3H3. The van der Waals surface area contributed by atoms with E-state index in [0.29, 0.717) is 19.1 Å². The zero-order chi connectivity index (χ0) is 15.2. The van der Waals surface area contributed by atoms with Gasteiger partial charge in [0.15, 0.2) is 0 Å². The fourth-order valence-corrected chi connectivity index (χ4v) is 2.22. The van der Waals surface area contributed by atoms with Crippen LogP contribution in [-0.2, 0) is 16.1 Å². The molecular formula is C15H22N4O2. The Bertz CT molecular complexity index is 594. The molecule has 0 aliphatic heterocycles. The molecule has 1 heterocycles. The molecule has 114 valence electrons. The molecule has 0 radical (unpaired) electrons. The fraction of sp³-hybridized carbons (Fsp3) is 0.533. The minimum atomic E-state index is 0.0383. The summed E-state index contributed by atoms with van der Waals surface area (Å²) in [6, 6.07) is 7.64. The minimum absolute atomic E-state index is 0.0383. The number of benzene rings is 1. The third-order valence-electron chi connectivity index (χ3n) is 3.21. The Morgan fingerprint density at radius 3 is 2.86 bits per heavy atom. The first kappa shape index (κ1) is 15.4. The molecule has 2 aromatic rings. The largest absolute Gasteiger partial charge is 0.383 e. The SMILES string of the molecule is COCCN(CC(C)C)C(=O)Cn1nnc2ccccc21. The second-order valence-corrected chi connectivity index (χ2v) is 5.46. The Kier molecular flexibility index (Phi) is 5.27. The van der Waals surface area contributed by atoms with E-state index >= 15 is 0 Å². The number of carbonyl (C=O) groups is 1. The molecular weight excluding hydrogens is 268 g/mol. The van der Waals surface area contributed by atoms with Gasteiger partial charge in [0.2, 0.25) is 5.91 Å². The molecule has 0 saturated carbocycles. The van der Waals surface area contributed by atoms with Crippen molar-refractivity contribution in [3.05, 3.63) is 24.3 Å². The van der Waals surface area contributed by atoms with Crippen molar-refractivity contribution in [1.82, 2.24) is 19.9 Å². The molecule has 0 saturated heterocycles. The Morgan fingerprint density at radius 1 is 1.38 bits per heavy atom. The lowest BCUT2D eigenvalue weighted by Gasteiger charge is -2.24. The number of fused-ring (bicyclic) bond motifs is 1. The van der Waals surface area contributed by atoms with E-state index in [0.717, 1.165) is 17.6 Å². The quantitative estimate of drug-likeness (QED) is 0.776. The van der Waals surface area contributed by atoms with Crippen LogP contribution in [0.5, 0.6) is 0 Å². The zero-order valence-corrected chi connectivity index (χ0v) is 12.8. The highest BCUT2D eigenvalue weighted by Gasteiger charge is 2.16. The topological polar surface area (TPSA) is 60.2 Å². The van der Waals surface area contributed by atoms with Gasteiger partial charge in [0.1, 0.15) is 12.1 Å². The highest BCUT2D eigenvalue weighted by molar-refractivity contribution is 5.79. The number of hydrogen-bond acceptors (Lipinski definition) is 4. The number of methoxy groups -OCH3 is 1. The van der Waals surface area contributed by atoms with Crippen LogP contribution in [0, 0.1) is 5.92 Å². The Morgan fingerprint density at radius 2 is 2.14 bits per heavy atom. The maximum atomic E-state index is 12.5. The highest BCUT2D eigenvalue weighted by atomic mass is 16.5. The molecule has 0 fully saturated rings. The molecule has 0 unspecified atom stereocenters. The van der Waals surface area contributed by atoms with Gasteiger partial charge in [0.05, 0.1) is 12.1 Å². The van der Waals surface area contributed by atoms with E-state index in [4.69, 9.17) is 4.74 Å².